The van der Waals surface area contributed by atoms with Crippen molar-refractivity contribution in [3.63, 3.8) is 0 Å². The van der Waals surface area contributed by atoms with Gasteiger partial charge >= 0.3 is 6.09 Å². The molecule has 0 saturated carbocycles. The highest BCUT2D eigenvalue weighted by Crippen LogP contribution is 2.08. The number of amides is 3. The van der Waals surface area contributed by atoms with Crippen LogP contribution in [-0.2, 0) is 25.7 Å². The van der Waals surface area contributed by atoms with Gasteiger partial charge in [0, 0.05) is 0 Å². The molecule has 29 heavy (non-hydrogen) atoms. The summed E-state index contributed by atoms with van der Waals surface area (Å²) in [5.41, 5.74) is 5.61. The number of hydrogen-bond donors (Lipinski definition) is 3. The average Bonchev–Trinajstić information content (AvgIpc) is 2.59. The molecule has 1 aromatic carbocycles. The Morgan fingerprint density at radius 1 is 1.03 bits per heavy atom. The van der Waals surface area contributed by atoms with E-state index in [1.807, 2.05) is 44.2 Å². The van der Waals surface area contributed by atoms with E-state index in [9.17, 15) is 14.4 Å². The molecule has 0 spiro atoms. The number of primary amides is 1. The topological polar surface area (TPSA) is 120 Å². The van der Waals surface area contributed by atoms with Gasteiger partial charge in [0.15, 0.2) is 0 Å². The Bertz CT molecular complexity index is 671. The highest BCUT2D eigenvalue weighted by atomic mass is 16.6. The number of nitrogens with one attached hydrogen (secondary N) is 2. The number of benzene rings is 1. The van der Waals surface area contributed by atoms with E-state index in [1.54, 1.807) is 20.8 Å². The molecule has 0 heterocycles. The van der Waals surface area contributed by atoms with Crippen LogP contribution in [0.15, 0.2) is 30.3 Å². The van der Waals surface area contributed by atoms with E-state index in [1.165, 1.54) is 0 Å². The standard InChI is InChI=1S/C21H33N3O5/c1-14(2)11-16(18(22)25)23-19(26)17(24-20(27)29-21(3,4)5)13-28-12-15-9-7-6-8-10-15/h6-10,14,16-17H,11-13H2,1-5H3,(H2,22,25)(H,23,26)(H,24,27)/t16-,17+/m1/s1. The van der Waals surface area contributed by atoms with Gasteiger partial charge in [-0.2, -0.15) is 0 Å². The lowest BCUT2D eigenvalue weighted by molar-refractivity contribution is -0.130. The summed E-state index contributed by atoms with van der Waals surface area (Å²) in [4.78, 5) is 36.5. The second-order valence-corrected chi connectivity index (χ2v) is 8.29. The summed E-state index contributed by atoms with van der Waals surface area (Å²) in [6.07, 6.45) is -0.356. The maximum atomic E-state index is 12.7. The van der Waals surface area contributed by atoms with Crippen LogP contribution in [0.4, 0.5) is 4.79 Å². The Morgan fingerprint density at radius 3 is 2.17 bits per heavy atom. The highest BCUT2D eigenvalue weighted by molar-refractivity contribution is 5.90. The first-order valence-electron chi connectivity index (χ1n) is 9.69. The van der Waals surface area contributed by atoms with Gasteiger partial charge in [-0.25, -0.2) is 4.79 Å². The van der Waals surface area contributed by atoms with Crippen molar-refractivity contribution in [1.29, 1.82) is 0 Å². The summed E-state index contributed by atoms with van der Waals surface area (Å²) >= 11 is 0. The molecule has 0 fully saturated rings. The van der Waals surface area contributed by atoms with Crippen LogP contribution in [-0.4, -0.2) is 42.2 Å². The minimum atomic E-state index is -1.04. The molecule has 0 aliphatic carbocycles. The van der Waals surface area contributed by atoms with Gasteiger partial charge < -0.3 is 25.8 Å². The zero-order valence-corrected chi connectivity index (χ0v) is 17.9. The molecule has 4 N–H and O–H groups in total. The van der Waals surface area contributed by atoms with E-state index >= 15 is 0 Å². The molecule has 8 nitrogen and oxygen atoms in total. The van der Waals surface area contributed by atoms with Crippen molar-refractivity contribution in [2.24, 2.45) is 11.7 Å². The summed E-state index contributed by atoms with van der Waals surface area (Å²) in [7, 11) is 0. The molecule has 0 unspecified atom stereocenters. The second kappa shape index (κ2) is 11.4. The van der Waals surface area contributed by atoms with Crippen molar-refractivity contribution in [3.8, 4) is 0 Å². The van der Waals surface area contributed by atoms with Gasteiger partial charge in [0.25, 0.3) is 0 Å². The van der Waals surface area contributed by atoms with Gasteiger partial charge in [-0.3, -0.25) is 9.59 Å². The van der Waals surface area contributed by atoms with E-state index in [0.29, 0.717) is 6.42 Å². The molecule has 0 aromatic heterocycles. The third-order valence-corrected chi connectivity index (χ3v) is 3.77. The lowest BCUT2D eigenvalue weighted by Gasteiger charge is -2.25. The van der Waals surface area contributed by atoms with Gasteiger partial charge in [-0.1, -0.05) is 44.2 Å². The quantitative estimate of drug-likeness (QED) is 0.549. The predicted molar refractivity (Wildman–Crippen MR) is 110 cm³/mol. The lowest BCUT2D eigenvalue weighted by atomic mass is 10.0. The summed E-state index contributed by atoms with van der Waals surface area (Å²) in [6, 6.07) is 7.56. The summed E-state index contributed by atoms with van der Waals surface area (Å²) in [6.45, 7) is 9.18. The smallest absolute Gasteiger partial charge is 0.408 e. The van der Waals surface area contributed by atoms with Crippen LogP contribution in [0.2, 0.25) is 0 Å². The van der Waals surface area contributed by atoms with Gasteiger partial charge in [0.1, 0.15) is 17.7 Å². The minimum Gasteiger partial charge on any atom is -0.444 e. The van der Waals surface area contributed by atoms with E-state index in [0.717, 1.165) is 5.56 Å². The van der Waals surface area contributed by atoms with Gasteiger partial charge in [0.05, 0.1) is 13.2 Å². The normalized spacial score (nSPS) is 13.4. The summed E-state index contributed by atoms with van der Waals surface area (Å²) < 4.78 is 10.8. The highest BCUT2D eigenvalue weighted by Gasteiger charge is 2.28. The van der Waals surface area contributed by atoms with Crippen LogP contribution >= 0.6 is 0 Å². The molecule has 1 rings (SSSR count). The fourth-order valence-corrected chi connectivity index (χ4v) is 2.49. The molecule has 162 valence electrons. The predicted octanol–water partition coefficient (Wildman–Crippen LogP) is 2.11. The zero-order valence-electron chi connectivity index (χ0n) is 17.9. The first-order chi connectivity index (χ1) is 13.5. The Labute approximate surface area is 172 Å². The number of carbonyl (C=O) groups is 3. The molecular formula is C21H33N3O5. The number of ether oxygens (including phenoxy) is 2. The molecule has 0 aliphatic rings. The number of rotatable bonds is 10. The van der Waals surface area contributed by atoms with Crippen LogP contribution in [0.5, 0.6) is 0 Å². The minimum absolute atomic E-state index is 0.0901. The molecular weight excluding hydrogens is 374 g/mol. The van der Waals surface area contributed by atoms with Gasteiger partial charge in [0.2, 0.25) is 11.8 Å². The monoisotopic (exact) mass is 407 g/mol. The maximum Gasteiger partial charge on any atom is 0.408 e. The van der Waals surface area contributed by atoms with E-state index < -0.39 is 35.6 Å². The second-order valence-electron chi connectivity index (χ2n) is 8.29. The molecule has 0 radical (unpaired) electrons. The SMILES string of the molecule is CC(C)C[C@@H](NC(=O)[C@H](COCc1ccccc1)NC(=O)OC(C)(C)C)C(N)=O. The molecule has 1 aromatic rings. The van der Waals surface area contributed by atoms with Crippen molar-refractivity contribution in [2.45, 2.75) is 65.3 Å². The molecule has 2 atom stereocenters. The Kier molecular flexibility index (Phi) is 9.61. The van der Waals surface area contributed by atoms with E-state index in [-0.39, 0.29) is 19.1 Å². The fourth-order valence-electron chi connectivity index (χ4n) is 2.49. The number of alkyl carbamates (subject to hydrolysis) is 1. The van der Waals surface area contributed by atoms with Gasteiger partial charge in [-0.15, -0.1) is 0 Å². The average molecular weight is 408 g/mol. The van der Waals surface area contributed by atoms with Crippen molar-refractivity contribution < 1.29 is 23.9 Å². The third-order valence-electron chi connectivity index (χ3n) is 3.77. The lowest BCUT2D eigenvalue weighted by Crippen LogP contribution is -2.55. The molecule has 0 saturated heterocycles. The summed E-state index contributed by atoms with van der Waals surface area (Å²) in [5, 5.41) is 5.11. The van der Waals surface area contributed by atoms with Crippen molar-refractivity contribution >= 4 is 17.9 Å². The fraction of sp³-hybridized carbons (Fsp3) is 0.571. The maximum absolute atomic E-state index is 12.7. The molecule has 8 heteroatoms. The number of carbonyl (C=O) groups excluding carboxylic acids is 3. The summed E-state index contributed by atoms with van der Waals surface area (Å²) in [5.74, 6) is -1.04. The Morgan fingerprint density at radius 2 is 1.66 bits per heavy atom. The van der Waals surface area contributed by atoms with E-state index in [4.69, 9.17) is 15.2 Å². The molecule has 0 bridgehead atoms. The third kappa shape index (κ3) is 10.5. The van der Waals surface area contributed by atoms with Gasteiger partial charge in [-0.05, 0) is 38.7 Å². The molecule has 3 amide bonds. The van der Waals surface area contributed by atoms with Crippen LogP contribution in [0.25, 0.3) is 0 Å². The van der Waals surface area contributed by atoms with Crippen LogP contribution in [0.1, 0.15) is 46.6 Å². The van der Waals surface area contributed by atoms with Crippen molar-refractivity contribution in [3.05, 3.63) is 35.9 Å². The molecule has 0 aliphatic heterocycles. The van der Waals surface area contributed by atoms with Crippen LogP contribution in [0, 0.1) is 5.92 Å². The van der Waals surface area contributed by atoms with Crippen LogP contribution in [0.3, 0.4) is 0 Å². The number of hydrogen-bond acceptors (Lipinski definition) is 5. The van der Waals surface area contributed by atoms with E-state index in [2.05, 4.69) is 10.6 Å². The first kappa shape index (κ1) is 24.4. The van der Waals surface area contributed by atoms with Crippen molar-refractivity contribution in [2.75, 3.05) is 6.61 Å². The van der Waals surface area contributed by atoms with Crippen molar-refractivity contribution in [1.82, 2.24) is 10.6 Å². The largest absolute Gasteiger partial charge is 0.444 e. The Hall–Kier alpha value is -2.61. The zero-order chi connectivity index (χ0) is 22.0. The number of nitrogens with two attached hydrogens (primary N) is 1. The van der Waals surface area contributed by atoms with Crippen LogP contribution < -0.4 is 16.4 Å². The Balaban J connectivity index is 2.79. The first-order valence-corrected chi connectivity index (χ1v) is 9.69.